The summed E-state index contributed by atoms with van der Waals surface area (Å²) in [7, 11) is 0. The summed E-state index contributed by atoms with van der Waals surface area (Å²) in [4.78, 5) is 2.41. The summed E-state index contributed by atoms with van der Waals surface area (Å²) < 4.78 is 4.22. The summed E-state index contributed by atoms with van der Waals surface area (Å²) in [5, 5.41) is 20.5. The topological polar surface area (TPSA) is 57.2 Å². The molecule has 5 nitrogen and oxygen atoms in total. The number of fused-ring (bicyclic) bond motifs is 1. The number of rotatable bonds is 8. The van der Waals surface area contributed by atoms with Gasteiger partial charge in [-0.1, -0.05) is 26.0 Å². The van der Waals surface area contributed by atoms with E-state index in [1.165, 1.54) is 38.5 Å². The Hall–Kier alpha value is -1.01. The molecule has 7 heteroatoms. The van der Waals surface area contributed by atoms with Crippen LogP contribution in [0.2, 0.25) is 0 Å². The maximum Gasteiger partial charge on any atom is 0.203 e. The van der Waals surface area contributed by atoms with Crippen LogP contribution in [0.3, 0.4) is 0 Å². The van der Waals surface area contributed by atoms with Crippen molar-refractivity contribution in [3.8, 4) is 0 Å². The highest BCUT2D eigenvalue weighted by Gasteiger charge is 2.54. The van der Waals surface area contributed by atoms with E-state index in [1.54, 1.807) is 0 Å². The summed E-state index contributed by atoms with van der Waals surface area (Å²) in [6, 6.07) is 8.37. The molecule has 1 atom stereocenters. The van der Waals surface area contributed by atoms with Crippen molar-refractivity contribution in [3.63, 3.8) is 0 Å². The first kappa shape index (κ1) is 25.6. The monoisotopic (exact) mass is 482 g/mol. The first-order valence-corrected chi connectivity index (χ1v) is 12.2. The van der Waals surface area contributed by atoms with Crippen molar-refractivity contribution < 1.29 is 5.11 Å². The third-order valence-electron chi connectivity index (χ3n) is 8.66. The molecule has 0 saturated heterocycles. The number of hydrogen-bond donors (Lipinski definition) is 2. The van der Waals surface area contributed by atoms with Gasteiger partial charge in [-0.15, -0.1) is 24.8 Å². The Bertz CT molecular complexity index is 929. The molecule has 4 bridgehead atoms. The van der Waals surface area contributed by atoms with Crippen molar-refractivity contribution in [1.29, 1.82) is 5.41 Å². The van der Waals surface area contributed by atoms with Gasteiger partial charge >= 0.3 is 0 Å². The number of para-hydroxylation sites is 2. The number of benzene rings is 1. The van der Waals surface area contributed by atoms with Crippen LogP contribution in [0.4, 0.5) is 0 Å². The lowest BCUT2D eigenvalue weighted by Gasteiger charge is -2.58. The van der Waals surface area contributed by atoms with Crippen molar-refractivity contribution in [2.75, 3.05) is 19.6 Å². The maximum atomic E-state index is 11.5. The van der Waals surface area contributed by atoms with E-state index >= 15 is 0 Å². The quantitative estimate of drug-likeness (QED) is 0.573. The van der Waals surface area contributed by atoms with Crippen LogP contribution in [-0.4, -0.2) is 44.9 Å². The molecule has 4 saturated carbocycles. The van der Waals surface area contributed by atoms with E-state index in [-0.39, 0.29) is 36.3 Å². The number of nitrogens with zero attached hydrogens (tertiary/aromatic N) is 3. The van der Waals surface area contributed by atoms with Gasteiger partial charge in [0.25, 0.3) is 0 Å². The molecule has 4 aliphatic carbocycles. The van der Waals surface area contributed by atoms with Crippen molar-refractivity contribution >= 4 is 35.8 Å². The lowest BCUT2D eigenvalue weighted by molar-refractivity contribution is -0.124. The van der Waals surface area contributed by atoms with E-state index in [9.17, 15) is 5.11 Å². The molecule has 0 aliphatic heterocycles. The Morgan fingerprint density at radius 1 is 0.969 bits per heavy atom. The lowest BCUT2D eigenvalue weighted by atomic mass is 9.48. The van der Waals surface area contributed by atoms with Gasteiger partial charge in [0.05, 0.1) is 23.7 Å². The van der Waals surface area contributed by atoms with Gasteiger partial charge in [0, 0.05) is 13.1 Å². The predicted molar refractivity (Wildman–Crippen MR) is 135 cm³/mol. The number of likely N-dealkylation sites (N-methyl/N-ethyl adjacent to an activating group) is 1. The summed E-state index contributed by atoms with van der Waals surface area (Å²) >= 11 is 0. The highest BCUT2D eigenvalue weighted by Crippen LogP contribution is 2.61. The van der Waals surface area contributed by atoms with Crippen molar-refractivity contribution in [2.24, 2.45) is 23.2 Å². The van der Waals surface area contributed by atoms with Crippen LogP contribution in [0, 0.1) is 28.6 Å². The molecule has 180 valence electrons. The van der Waals surface area contributed by atoms with Crippen molar-refractivity contribution in [1.82, 2.24) is 14.0 Å². The zero-order valence-corrected chi connectivity index (χ0v) is 21.1. The third-order valence-corrected chi connectivity index (χ3v) is 8.66. The zero-order valence-electron chi connectivity index (χ0n) is 19.5. The fraction of sp³-hybridized carbons (Fsp3) is 0.720. The highest BCUT2D eigenvalue weighted by atomic mass is 35.5. The molecule has 0 radical (unpaired) electrons. The standard InChI is InChI=1S/C25H38N4O.2ClH/c1-3-27(4-2)9-10-28-21-7-5-6-8-22(21)29(24(28)26)17-23(30)25-14-18-11-19(15-25)13-20(12-18)16-25;;/h5-8,18-20,23,26,30H,3-4,9-17H2,1-2H3;2*1H. The van der Waals surface area contributed by atoms with Gasteiger partial charge in [-0.05, 0) is 86.9 Å². The van der Waals surface area contributed by atoms with E-state index in [1.807, 2.05) is 0 Å². The fourth-order valence-corrected chi connectivity index (χ4v) is 7.44. The Labute approximate surface area is 204 Å². The number of imidazole rings is 1. The molecular weight excluding hydrogens is 443 g/mol. The number of hydrogen-bond acceptors (Lipinski definition) is 3. The number of nitrogens with one attached hydrogen (secondary N) is 1. The molecular formula is C25H40Cl2N4O. The molecule has 4 aliphatic rings. The van der Waals surface area contributed by atoms with Crippen LogP contribution in [0.1, 0.15) is 52.4 Å². The maximum absolute atomic E-state index is 11.5. The average molecular weight is 484 g/mol. The Morgan fingerprint density at radius 3 is 1.97 bits per heavy atom. The van der Waals surface area contributed by atoms with Gasteiger partial charge in [0.1, 0.15) is 0 Å². The van der Waals surface area contributed by atoms with Gasteiger partial charge in [-0.2, -0.15) is 0 Å². The molecule has 1 heterocycles. The predicted octanol–water partition coefficient (Wildman–Crippen LogP) is 4.68. The summed E-state index contributed by atoms with van der Waals surface area (Å²) in [5.41, 5.74) is 2.84. The Balaban J connectivity index is 0.00000144. The molecule has 6 rings (SSSR count). The van der Waals surface area contributed by atoms with Gasteiger partial charge < -0.3 is 19.1 Å². The van der Waals surface area contributed by atoms with E-state index in [4.69, 9.17) is 5.41 Å². The van der Waals surface area contributed by atoms with Gasteiger partial charge in [0.15, 0.2) is 0 Å². The van der Waals surface area contributed by atoms with Crippen LogP contribution in [0.5, 0.6) is 0 Å². The molecule has 32 heavy (non-hydrogen) atoms. The van der Waals surface area contributed by atoms with E-state index in [0.29, 0.717) is 12.2 Å². The summed E-state index contributed by atoms with van der Waals surface area (Å²) in [5.74, 6) is 2.50. The van der Waals surface area contributed by atoms with E-state index in [0.717, 1.165) is 55.0 Å². The third kappa shape index (κ3) is 4.38. The SMILES string of the molecule is CCN(CC)CCn1c(=N)n(CC(O)C23CC4CC(CC(C4)C2)C3)c2ccccc21.Cl.Cl. The molecule has 1 aromatic carbocycles. The number of halogens is 2. The lowest BCUT2D eigenvalue weighted by Crippen LogP contribution is -2.53. The highest BCUT2D eigenvalue weighted by molar-refractivity contribution is 5.85. The largest absolute Gasteiger partial charge is 0.391 e. The van der Waals surface area contributed by atoms with Crippen LogP contribution in [-0.2, 0) is 13.1 Å². The molecule has 4 fully saturated rings. The Kier molecular flexibility index (Phi) is 8.07. The van der Waals surface area contributed by atoms with Gasteiger partial charge in [-0.3, -0.25) is 5.41 Å². The molecule has 0 spiro atoms. The van der Waals surface area contributed by atoms with Crippen LogP contribution >= 0.6 is 24.8 Å². The average Bonchev–Trinajstić information content (AvgIpc) is 2.99. The first-order chi connectivity index (χ1) is 14.5. The summed E-state index contributed by atoms with van der Waals surface area (Å²) in [6.45, 7) is 8.80. The second kappa shape index (κ2) is 10.1. The first-order valence-electron chi connectivity index (χ1n) is 12.2. The normalized spacial score (nSPS) is 29.2. The second-order valence-corrected chi connectivity index (χ2v) is 10.4. The Morgan fingerprint density at radius 2 is 1.47 bits per heavy atom. The van der Waals surface area contributed by atoms with Gasteiger partial charge in [0.2, 0.25) is 5.62 Å². The molecule has 2 aromatic rings. The number of aliphatic hydroxyl groups is 1. The molecule has 0 amide bonds. The van der Waals surface area contributed by atoms with Crippen molar-refractivity contribution in [2.45, 2.75) is 71.6 Å². The van der Waals surface area contributed by atoms with Crippen molar-refractivity contribution in [3.05, 3.63) is 29.9 Å². The van der Waals surface area contributed by atoms with Crippen LogP contribution in [0.15, 0.2) is 24.3 Å². The molecule has 1 aromatic heterocycles. The van der Waals surface area contributed by atoms with E-state index < -0.39 is 0 Å². The minimum atomic E-state index is -0.345. The zero-order chi connectivity index (χ0) is 20.9. The summed E-state index contributed by atoms with van der Waals surface area (Å²) in [6.07, 6.45) is 7.45. The molecule has 1 unspecified atom stereocenters. The van der Waals surface area contributed by atoms with E-state index in [2.05, 4.69) is 52.1 Å². The molecule has 2 N–H and O–H groups in total. The smallest absolute Gasteiger partial charge is 0.203 e. The second-order valence-electron chi connectivity index (χ2n) is 10.4. The minimum absolute atomic E-state index is 0. The van der Waals surface area contributed by atoms with Gasteiger partial charge in [-0.25, -0.2) is 0 Å². The number of aromatic nitrogens is 2. The van der Waals surface area contributed by atoms with Crippen LogP contribution < -0.4 is 5.62 Å². The number of aliphatic hydroxyl groups excluding tert-OH is 1. The fourth-order valence-electron chi connectivity index (χ4n) is 7.44. The minimum Gasteiger partial charge on any atom is -0.391 e. The van der Waals surface area contributed by atoms with Crippen LogP contribution in [0.25, 0.3) is 11.0 Å².